The highest BCUT2D eigenvalue weighted by atomic mass is 35.5. The number of thioether (sulfide) groups is 1. The zero-order valence-corrected chi connectivity index (χ0v) is 24.4. The molecule has 0 aromatic heterocycles. The number of likely N-dealkylation sites (N-methyl/N-ethyl adjacent to an activating group) is 1. The molecule has 9 atom stereocenters. The summed E-state index contributed by atoms with van der Waals surface area (Å²) in [6, 6.07) is 5.44. The van der Waals surface area contributed by atoms with Crippen molar-refractivity contribution in [1.29, 1.82) is 0 Å². The van der Waals surface area contributed by atoms with Crippen LogP contribution in [-0.2, 0) is 19.0 Å². The molecule has 1 amide bonds. The van der Waals surface area contributed by atoms with Crippen molar-refractivity contribution in [2.45, 2.75) is 81.1 Å². The third-order valence-corrected chi connectivity index (χ3v) is 8.92. The van der Waals surface area contributed by atoms with E-state index in [0.29, 0.717) is 5.92 Å². The van der Waals surface area contributed by atoms with Gasteiger partial charge in [-0.3, -0.25) is 9.69 Å². The molecule has 1 aromatic rings. The number of carbonyl (C=O) groups excluding carboxylic acids is 2. The zero-order valence-electron chi connectivity index (χ0n) is 22.9. The first-order valence-corrected chi connectivity index (χ1v) is 14.8. The van der Waals surface area contributed by atoms with E-state index in [4.69, 9.17) is 25.8 Å². The number of hydrogen-bond acceptors (Lipinski definition) is 10. The van der Waals surface area contributed by atoms with Crippen LogP contribution in [0.2, 0.25) is 5.02 Å². The lowest BCUT2D eigenvalue weighted by atomic mass is 9.91. The maximum Gasteiger partial charge on any atom is 0.339 e. The SMILES string of the molecule is CCC[C@@H]1C[C@@H](C(=O)N[C@@H]([C@H]2O[C@H](SCCOC(=O)c3ccccc3Cl)[C@H](O)[C@@H](O)[C@H]2O)[C@@H](C)OC)N(C)C1. The van der Waals surface area contributed by atoms with E-state index in [1.165, 1.54) is 7.11 Å². The van der Waals surface area contributed by atoms with E-state index in [1.807, 2.05) is 11.9 Å². The molecule has 39 heavy (non-hydrogen) atoms. The Kier molecular flexibility index (Phi) is 12.3. The van der Waals surface area contributed by atoms with Gasteiger partial charge in [0.2, 0.25) is 5.91 Å². The molecule has 0 unspecified atom stereocenters. The molecule has 0 bridgehead atoms. The van der Waals surface area contributed by atoms with Gasteiger partial charge in [-0.2, -0.15) is 0 Å². The van der Waals surface area contributed by atoms with Gasteiger partial charge in [-0.05, 0) is 44.9 Å². The van der Waals surface area contributed by atoms with Gasteiger partial charge in [-0.15, -0.1) is 11.8 Å². The Morgan fingerprint density at radius 3 is 2.62 bits per heavy atom. The van der Waals surface area contributed by atoms with Gasteiger partial charge < -0.3 is 34.8 Å². The quantitative estimate of drug-likeness (QED) is 0.211. The molecule has 10 nitrogen and oxygen atoms in total. The molecule has 2 fully saturated rings. The number of esters is 1. The number of rotatable bonds is 12. The third kappa shape index (κ3) is 8.07. The molecule has 220 valence electrons. The zero-order chi connectivity index (χ0) is 28.7. The van der Waals surface area contributed by atoms with Crippen molar-refractivity contribution < 1.29 is 39.1 Å². The Balaban J connectivity index is 1.63. The highest BCUT2D eigenvalue weighted by molar-refractivity contribution is 7.99. The Labute approximate surface area is 239 Å². The number of aliphatic hydroxyl groups excluding tert-OH is 3. The van der Waals surface area contributed by atoms with Crippen LogP contribution in [0.4, 0.5) is 0 Å². The number of nitrogens with zero attached hydrogens (tertiary/aromatic N) is 1. The van der Waals surface area contributed by atoms with Crippen LogP contribution in [-0.4, -0.2) is 113 Å². The van der Waals surface area contributed by atoms with Crippen LogP contribution in [0.5, 0.6) is 0 Å². The number of benzene rings is 1. The van der Waals surface area contributed by atoms with E-state index in [9.17, 15) is 24.9 Å². The van der Waals surface area contributed by atoms with Crippen LogP contribution < -0.4 is 5.32 Å². The number of carbonyl (C=O) groups is 2. The van der Waals surface area contributed by atoms with Crippen LogP contribution in [0.3, 0.4) is 0 Å². The van der Waals surface area contributed by atoms with E-state index in [-0.39, 0.29) is 34.9 Å². The summed E-state index contributed by atoms with van der Waals surface area (Å²) < 4.78 is 16.8. The Morgan fingerprint density at radius 2 is 1.95 bits per heavy atom. The van der Waals surface area contributed by atoms with Crippen molar-refractivity contribution in [3.05, 3.63) is 34.9 Å². The van der Waals surface area contributed by atoms with Gasteiger partial charge in [-0.25, -0.2) is 4.79 Å². The fourth-order valence-corrected chi connectivity index (χ4v) is 6.40. The molecular weight excluding hydrogens is 548 g/mol. The first-order valence-electron chi connectivity index (χ1n) is 13.3. The van der Waals surface area contributed by atoms with E-state index in [1.54, 1.807) is 31.2 Å². The van der Waals surface area contributed by atoms with Crippen molar-refractivity contribution in [2.75, 3.05) is 33.1 Å². The summed E-state index contributed by atoms with van der Waals surface area (Å²) in [5, 5.41) is 35.3. The summed E-state index contributed by atoms with van der Waals surface area (Å²) in [7, 11) is 3.41. The molecule has 2 saturated heterocycles. The third-order valence-electron chi connectivity index (χ3n) is 7.47. The van der Waals surface area contributed by atoms with Crippen molar-refractivity contribution in [2.24, 2.45) is 5.92 Å². The number of nitrogens with one attached hydrogen (secondary N) is 1. The number of methoxy groups -OCH3 is 1. The highest BCUT2D eigenvalue weighted by Gasteiger charge is 2.49. The van der Waals surface area contributed by atoms with Crippen molar-refractivity contribution in [3.8, 4) is 0 Å². The van der Waals surface area contributed by atoms with Crippen LogP contribution in [0.25, 0.3) is 0 Å². The van der Waals surface area contributed by atoms with E-state index < -0.39 is 48.0 Å². The molecule has 4 N–H and O–H groups in total. The molecule has 0 aliphatic carbocycles. The topological polar surface area (TPSA) is 138 Å². The van der Waals surface area contributed by atoms with Crippen molar-refractivity contribution in [3.63, 3.8) is 0 Å². The second-order valence-corrected chi connectivity index (χ2v) is 11.9. The Bertz CT molecular complexity index is 958. The number of halogens is 1. The lowest BCUT2D eigenvalue weighted by molar-refractivity contribution is -0.212. The predicted octanol–water partition coefficient (Wildman–Crippen LogP) is 1.68. The van der Waals surface area contributed by atoms with Crippen molar-refractivity contribution in [1.82, 2.24) is 10.2 Å². The average molecular weight is 589 g/mol. The number of amides is 1. The molecule has 2 aliphatic heterocycles. The monoisotopic (exact) mass is 588 g/mol. The van der Waals surface area contributed by atoms with E-state index in [0.717, 1.165) is 37.6 Å². The minimum Gasteiger partial charge on any atom is -0.461 e. The van der Waals surface area contributed by atoms with Gasteiger partial charge in [0.25, 0.3) is 0 Å². The summed E-state index contributed by atoms with van der Waals surface area (Å²) >= 11 is 7.17. The molecule has 0 radical (unpaired) electrons. The maximum absolute atomic E-state index is 13.3. The average Bonchev–Trinajstić information content (AvgIpc) is 3.29. The Morgan fingerprint density at radius 1 is 1.23 bits per heavy atom. The summed E-state index contributed by atoms with van der Waals surface area (Å²) in [5.74, 6) is -0.0856. The molecule has 1 aromatic carbocycles. The minimum atomic E-state index is -1.52. The van der Waals surface area contributed by atoms with Gasteiger partial charge in [0.1, 0.15) is 36.5 Å². The fourth-order valence-electron chi connectivity index (χ4n) is 5.21. The normalized spacial score (nSPS) is 31.0. The van der Waals surface area contributed by atoms with Gasteiger partial charge in [0, 0.05) is 19.4 Å². The number of likely N-dealkylation sites (tertiary alicyclic amines) is 1. The van der Waals surface area contributed by atoms with Gasteiger partial charge >= 0.3 is 5.97 Å². The molecule has 12 heteroatoms. The fraction of sp³-hybridized carbons (Fsp3) is 0.704. The van der Waals surface area contributed by atoms with Gasteiger partial charge in [0.05, 0.1) is 28.8 Å². The van der Waals surface area contributed by atoms with Crippen LogP contribution in [0.1, 0.15) is 43.5 Å². The molecule has 2 heterocycles. The van der Waals surface area contributed by atoms with E-state index in [2.05, 4.69) is 12.2 Å². The smallest absolute Gasteiger partial charge is 0.339 e. The first kappa shape index (κ1) is 32.1. The second kappa shape index (κ2) is 15.0. The maximum atomic E-state index is 13.3. The predicted molar refractivity (Wildman–Crippen MR) is 149 cm³/mol. The molecule has 3 rings (SSSR count). The molecule has 2 aliphatic rings. The van der Waals surface area contributed by atoms with Crippen LogP contribution >= 0.6 is 23.4 Å². The van der Waals surface area contributed by atoms with Gasteiger partial charge in [-0.1, -0.05) is 37.1 Å². The summed E-state index contributed by atoms with van der Waals surface area (Å²) in [5.41, 5.74) is -0.697. The molecule has 0 saturated carbocycles. The standard InChI is InChI=1S/C27H41ClN2O8S/c1-5-8-16-13-19(30(3)14-16)25(34)29-20(15(2)36-4)24-22(32)21(31)23(33)27(38-24)39-12-11-37-26(35)17-9-6-7-10-18(17)28/h6-7,9-10,15-16,19-24,27,31-33H,5,8,11-14H2,1-4H3,(H,29,34)/t15-,16-,19+,20-,21+,22-,23-,24-,27-/m1/s1. The van der Waals surface area contributed by atoms with E-state index >= 15 is 0 Å². The minimum absolute atomic E-state index is 0.00615. The van der Waals surface area contributed by atoms with Crippen LogP contribution in [0.15, 0.2) is 24.3 Å². The number of ether oxygens (including phenoxy) is 3. The first-order chi connectivity index (χ1) is 18.6. The largest absolute Gasteiger partial charge is 0.461 e. The van der Waals surface area contributed by atoms with Crippen LogP contribution in [0, 0.1) is 5.92 Å². The molecular formula is C27H41ClN2O8S. The summed E-state index contributed by atoms with van der Waals surface area (Å²) in [4.78, 5) is 27.6. The Hall–Kier alpha value is -1.44. The van der Waals surface area contributed by atoms with Gasteiger partial charge in [0.15, 0.2) is 0 Å². The lowest BCUT2D eigenvalue weighted by Crippen LogP contribution is -2.66. The summed E-state index contributed by atoms with van der Waals surface area (Å²) in [6.45, 7) is 4.71. The number of aliphatic hydroxyl groups is 3. The molecule has 0 spiro atoms. The van der Waals surface area contributed by atoms with Crippen molar-refractivity contribution >= 4 is 35.2 Å². The second-order valence-electron chi connectivity index (χ2n) is 10.2. The summed E-state index contributed by atoms with van der Waals surface area (Å²) in [6.07, 6.45) is -3.15. The lowest BCUT2D eigenvalue weighted by Gasteiger charge is -2.44. The number of hydrogen-bond donors (Lipinski definition) is 4. The highest BCUT2D eigenvalue weighted by Crippen LogP contribution is 2.32.